The molecule has 0 N–H and O–H groups in total. The van der Waals surface area contributed by atoms with Gasteiger partial charge in [-0.1, -0.05) is 38.3 Å². The van der Waals surface area contributed by atoms with Crippen molar-refractivity contribution in [3.63, 3.8) is 0 Å². The molecule has 0 bridgehead atoms. The van der Waals surface area contributed by atoms with Crippen molar-refractivity contribution in [3.8, 4) is 0 Å². The fourth-order valence-electron chi connectivity index (χ4n) is 5.72. The van der Waals surface area contributed by atoms with Gasteiger partial charge in [0.1, 0.15) is 0 Å². The lowest BCUT2D eigenvalue weighted by Gasteiger charge is -2.27. The summed E-state index contributed by atoms with van der Waals surface area (Å²) in [5, 5.41) is 0. The maximum absolute atomic E-state index is 13.6. The van der Waals surface area contributed by atoms with Crippen molar-refractivity contribution in [2.45, 2.75) is 75.4 Å². The number of amides is 1. The van der Waals surface area contributed by atoms with Gasteiger partial charge in [-0.25, -0.2) is 21.1 Å². The van der Waals surface area contributed by atoms with Gasteiger partial charge < -0.3 is 0 Å². The highest BCUT2D eigenvalue weighted by molar-refractivity contribution is 7.89. The Morgan fingerprint density at radius 1 is 0.941 bits per heavy atom. The highest BCUT2D eigenvalue weighted by Gasteiger charge is 2.58. The summed E-state index contributed by atoms with van der Waals surface area (Å²) in [6, 6.07) is 5.77. The van der Waals surface area contributed by atoms with Crippen LogP contribution in [0, 0.1) is 5.92 Å². The van der Waals surface area contributed by atoms with Gasteiger partial charge in [0.15, 0.2) is 0 Å². The fourth-order valence-corrected chi connectivity index (χ4v) is 8.61. The number of nitrogens with zero attached hydrogens (tertiary/aromatic N) is 3. The quantitative estimate of drug-likeness (QED) is 0.535. The van der Waals surface area contributed by atoms with Crippen LogP contribution < -0.4 is 0 Å². The van der Waals surface area contributed by atoms with Gasteiger partial charge in [0.05, 0.1) is 29.2 Å². The summed E-state index contributed by atoms with van der Waals surface area (Å²) < 4.78 is 54.1. The molecule has 0 aromatic heterocycles. The first-order valence-electron chi connectivity index (χ1n) is 12.0. The topological polar surface area (TPSA) is 95.1 Å². The van der Waals surface area contributed by atoms with Gasteiger partial charge in [-0.3, -0.25) is 9.69 Å². The van der Waals surface area contributed by atoms with E-state index in [0.717, 1.165) is 35.8 Å². The van der Waals surface area contributed by atoms with Crippen LogP contribution in [0.15, 0.2) is 29.2 Å². The summed E-state index contributed by atoms with van der Waals surface area (Å²) in [5.74, 6) is -1.10. The number of hydrogen-bond donors (Lipinski definition) is 0. The fraction of sp³-hybridized carbons (Fsp3) is 0.696. The number of hydrogen-bond acceptors (Lipinski definition) is 6. The number of halogens is 1. The minimum Gasteiger partial charge on any atom is -0.299 e. The molecule has 4 rings (SSSR count). The molecule has 34 heavy (non-hydrogen) atoms. The maximum Gasteiger partial charge on any atom is 0.243 e. The van der Waals surface area contributed by atoms with Crippen LogP contribution in [-0.2, 0) is 31.4 Å². The zero-order valence-electron chi connectivity index (χ0n) is 19.9. The van der Waals surface area contributed by atoms with E-state index in [1.54, 1.807) is 12.1 Å². The standard InChI is InChI=1S/C23H35N3O5S2.ClH/c1-3-8-20-22-21(26(23(20)27)32(2,28)29)13-16-25(22)33(30,31)19-11-9-18(10-12-19)17-24-14-6-4-5-7-15-24;/h9-12,20-22H,3-8,13-17H2,1-2H3;1H/t20-,21+,22-;/m1./s1. The normalized spacial score (nSPS) is 26.8. The van der Waals surface area contributed by atoms with Gasteiger partial charge in [-0.2, -0.15) is 4.31 Å². The van der Waals surface area contributed by atoms with E-state index in [1.807, 2.05) is 19.1 Å². The first kappa shape index (κ1) is 27.4. The molecule has 1 aromatic rings. The summed E-state index contributed by atoms with van der Waals surface area (Å²) in [5.41, 5.74) is 1.08. The molecule has 3 fully saturated rings. The van der Waals surface area contributed by atoms with Crippen molar-refractivity contribution in [1.29, 1.82) is 0 Å². The molecule has 8 nitrogen and oxygen atoms in total. The summed E-state index contributed by atoms with van der Waals surface area (Å²) in [7, 11) is -7.60. The Hall–Kier alpha value is -1.20. The van der Waals surface area contributed by atoms with Crippen LogP contribution >= 0.6 is 12.4 Å². The van der Waals surface area contributed by atoms with E-state index >= 15 is 0 Å². The number of fused-ring (bicyclic) bond motifs is 1. The summed E-state index contributed by atoms with van der Waals surface area (Å²) in [4.78, 5) is 15.6. The number of likely N-dealkylation sites (tertiary alicyclic amines) is 1. The third-order valence-electron chi connectivity index (χ3n) is 7.21. The molecule has 0 aliphatic carbocycles. The largest absolute Gasteiger partial charge is 0.299 e. The van der Waals surface area contributed by atoms with Crippen molar-refractivity contribution >= 4 is 38.4 Å². The molecular formula is C23H36ClN3O5S2. The molecule has 3 aliphatic heterocycles. The number of sulfonamides is 2. The van der Waals surface area contributed by atoms with Crippen LogP contribution in [0.25, 0.3) is 0 Å². The molecular weight excluding hydrogens is 498 g/mol. The van der Waals surface area contributed by atoms with Crippen molar-refractivity contribution in [2.75, 3.05) is 25.9 Å². The molecule has 3 atom stereocenters. The second-order valence-electron chi connectivity index (χ2n) is 9.59. The smallest absolute Gasteiger partial charge is 0.243 e. The highest BCUT2D eigenvalue weighted by atomic mass is 35.5. The molecule has 3 aliphatic rings. The monoisotopic (exact) mass is 533 g/mol. The molecule has 0 saturated carbocycles. The molecule has 1 amide bonds. The zero-order chi connectivity index (χ0) is 23.8. The predicted molar refractivity (Wildman–Crippen MR) is 134 cm³/mol. The van der Waals surface area contributed by atoms with Gasteiger partial charge in [0, 0.05) is 13.1 Å². The van der Waals surface area contributed by atoms with Crippen molar-refractivity contribution in [2.24, 2.45) is 5.92 Å². The minimum atomic E-state index is -3.85. The zero-order valence-corrected chi connectivity index (χ0v) is 22.4. The Balaban J connectivity index is 0.00000324. The second kappa shape index (κ2) is 10.8. The number of carbonyl (C=O) groups excluding carboxylic acids is 1. The van der Waals surface area contributed by atoms with Crippen molar-refractivity contribution in [1.82, 2.24) is 13.5 Å². The second-order valence-corrected chi connectivity index (χ2v) is 13.3. The van der Waals surface area contributed by atoms with E-state index in [2.05, 4.69) is 4.90 Å². The van der Waals surface area contributed by atoms with Crippen molar-refractivity contribution < 1.29 is 21.6 Å². The Morgan fingerprint density at radius 2 is 1.56 bits per heavy atom. The third kappa shape index (κ3) is 5.31. The first-order valence-corrected chi connectivity index (χ1v) is 15.3. The summed E-state index contributed by atoms with van der Waals surface area (Å²) in [6.45, 7) is 5.08. The lowest BCUT2D eigenvalue weighted by molar-refractivity contribution is -0.128. The van der Waals surface area contributed by atoms with Gasteiger partial charge in [-0.15, -0.1) is 12.4 Å². The molecule has 0 unspecified atom stereocenters. The Morgan fingerprint density at radius 3 is 2.12 bits per heavy atom. The molecule has 192 valence electrons. The van der Waals surface area contributed by atoms with Gasteiger partial charge >= 0.3 is 0 Å². The molecule has 1 aromatic carbocycles. The van der Waals surface area contributed by atoms with E-state index < -0.39 is 44.0 Å². The van der Waals surface area contributed by atoms with Crippen LogP contribution in [0.4, 0.5) is 0 Å². The average Bonchev–Trinajstić information content (AvgIpc) is 3.16. The number of carbonyl (C=O) groups is 1. The molecule has 0 radical (unpaired) electrons. The first-order chi connectivity index (χ1) is 15.6. The van der Waals surface area contributed by atoms with Crippen LogP contribution in [-0.4, -0.2) is 74.2 Å². The third-order valence-corrected chi connectivity index (χ3v) is 10.3. The highest BCUT2D eigenvalue weighted by Crippen LogP contribution is 2.42. The van der Waals surface area contributed by atoms with E-state index in [1.165, 1.54) is 30.0 Å². The Bertz CT molecular complexity index is 1070. The average molecular weight is 534 g/mol. The van der Waals surface area contributed by atoms with Crippen molar-refractivity contribution in [3.05, 3.63) is 29.8 Å². The summed E-state index contributed by atoms with van der Waals surface area (Å²) in [6.07, 6.45) is 7.43. The number of rotatable bonds is 7. The van der Waals surface area contributed by atoms with E-state index in [4.69, 9.17) is 0 Å². The van der Waals surface area contributed by atoms with E-state index in [-0.39, 0.29) is 23.8 Å². The lowest BCUT2D eigenvalue weighted by atomic mass is 9.95. The van der Waals surface area contributed by atoms with Crippen LogP contribution in [0.5, 0.6) is 0 Å². The maximum atomic E-state index is 13.6. The van der Waals surface area contributed by atoms with Crippen LogP contribution in [0.1, 0.15) is 57.4 Å². The molecule has 11 heteroatoms. The predicted octanol–water partition coefficient (Wildman–Crippen LogP) is 2.83. The summed E-state index contributed by atoms with van der Waals surface area (Å²) >= 11 is 0. The molecule has 3 heterocycles. The van der Waals surface area contributed by atoms with Gasteiger partial charge in [0.25, 0.3) is 0 Å². The molecule has 3 saturated heterocycles. The SMILES string of the molecule is CCC[C@H]1C(=O)N(S(C)(=O)=O)[C@H]2CCN(S(=O)(=O)c3ccc(CN4CCCCCC4)cc3)[C@H]12.Cl. The van der Waals surface area contributed by atoms with Gasteiger partial charge in [0.2, 0.25) is 26.0 Å². The van der Waals surface area contributed by atoms with E-state index in [0.29, 0.717) is 19.3 Å². The van der Waals surface area contributed by atoms with Gasteiger partial charge in [-0.05, 0) is 56.5 Å². The Kier molecular flexibility index (Phi) is 8.72. The van der Waals surface area contributed by atoms with Crippen LogP contribution in [0.3, 0.4) is 0 Å². The minimum absolute atomic E-state index is 0. The van der Waals surface area contributed by atoms with E-state index in [9.17, 15) is 21.6 Å². The van der Waals surface area contributed by atoms with Crippen LogP contribution in [0.2, 0.25) is 0 Å². The number of benzene rings is 1. The lowest BCUT2D eigenvalue weighted by Crippen LogP contribution is -2.43. The Labute approximate surface area is 210 Å². The molecule has 0 spiro atoms.